The van der Waals surface area contributed by atoms with E-state index in [-0.39, 0.29) is 18.0 Å². The Labute approximate surface area is 190 Å². The normalized spacial score (nSPS) is 19.9. The van der Waals surface area contributed by atoms with Crippen molar-refractivity contribution in [3.8, 4) is 5.75 Å². The van der Waals surface area contributed by atoms with Crippen LogP contribution in [0.2, 0.25) is 0 Å². The van der Waals surface area contributed by atoms with Gasteiger partial charge in [-0.3, -0.25) is 14.5 Å². The van der Waals surface area contributed by atoms with Crippen molar-refractivity contribution in [2.75, 3.05) is 23.4 Å². The lowest BCUT2D eigenvalue weighted by atomic mass is 10.0. The zero-order valence-corrected chi connectivity index (χ0v) is 18.4. The Morgan fingerprint density at radius 2 is 2.06 bits per heavy atom. The van der Waals surface area contributed by atoms with Crippen LogP contribution in [0.5, 0.6) is 5.75 Å². The summed E-state index contributed by atoms with van der Waals surface area (Å²) in [4.78, 5) is 38.1. The number of hydrogen-bond donors (Lipinski definition) is 4. The summed E-state index contributed by atoms with van der Waals surface area (Å²) in [6, 6.07) is 5.43. The van der Waals surface area contributed by atoms with Crippen LogP contribution in [-0.4, -0.2) is 82.6 Å². The van der Waals surface area contributed by atoms with Crippen LogP contribution >= 0.6 is 23.5 Å². The predicted octanol–water partition coefficient (Wildman–Crippen LogP) is -0.141. The number of β-lactam (4-membered cyclic amide) rings is 1. The molecule has 12 nitrogen and oxygen atoms in total. The quantitative estimate of drug-likeness (QED) is 0.227. The third-order valence-corrected chi connectivity index (χ3v) is 7.28. The summed E-state index contributed by atoms with van der Waals surface area (Å²) in [5, 5.41) is 35.8. The molecule has 32 heavy (non-hydrogen) atoms. The highest BCUT2D eigenvalue weighted by Gasteiger charge is 2.54. The van der Waals surface area contributed by atoms with Crippen LogP contribution in [0.3, 0.4) is 0 Å². The fourth-order valence-corrected chi connectivity index (χ4v) is 5.61. The Morgan fingerprint density at radius 3 is 2.72 bits per heavy atom. The highest BCUT2D eigenvalue weighted by atomic mass is 32.2. The summed E-state index contributed by atoms with van der Waals surface area (Å²) in [6.45, 7) is -0.0683. The van der Waals surface area contributed by atoms with Gasteiger partial charge in [-0.15, -0.1) is 16.9 Å². The number of hydrogen-bond acceptors (Lipinski definition) is 10. The van der Waals surface area contributed by atoms with Crippen molar-refractivity contribution in [3.63, 3.8) is 0 Å². The minimum absolute atomic E-state index is 0.0471. The molecule has 14 heteroatoms. The third-order valence-electron chi connectivity index (χ3n) is 4.84. The molecule has 0 spiro atoms. The largest absolute Gasteiger partial charge is 0.508 e. The highest BCUT2D eigenvalue weighted by Crippen LogP contribution is 2.41. The van der Waals surface area contributed by atoms with Crippen LogP contribution in [0.25, 0.3) is 0 Å². The van der Waals surface area contributed by atoms with E-state index in [9.17, 15) is 24.6 Å². The first-order chi connectivity index (χ1) is 15.3. The molecule has 1 fully saturated rings. The van der Waals surface area contributed by atoms with Crippen LogP contribution < -0.4 is 10.6 Å². The SMILES string of the molecule is Cn1nnnc1SCC1=C(C(=O)O)N2C(=O)[C@@H](NC(=O)CNc3ccc(O)cc3)[C@@H]2SC1. The lowest BCUT2D eigenvalue weighted by molar-refractivity contribution is -0.150. The fraction of sp³-hybridized carbons (Fsp3) is 0.333. The van der Waals surface area contributed by atoms with Gasteiger partial charge in [0.25, 0.3) is 5.91 Å². The second-order valence-corrected chi connectivity index (χ2v) is 9.03. The Balaban J connectivity index is 1.38. The van der Waals surface area contributed by atoms with E-state index >= 15 is 0 Å². The molecular formula is C18H19N7O5S2. The number of nitrogens with zero attached hydrogens (tertiary/aromatic N) is 5. The summed E-state index contributed by atoms with van der Waals surface area (Å²) in [7, 11) is 1.68. The maximum atomic E-state index is 12.7. The number of phenols is 1. The Morgan fingerprint density at radius 1 is 1.31 bits per heavy atom. The third kappa shape index (κ3) is 4.36. The summed E-state index contributed by atoms with van der Waals surface area (Å²) in [6.07, 6.45) is 0. The van der Waals surface area contributed by atoms with Gasteiger partial charge >= 0.3 is 5.97 Å². The van der Waals surface area contributed by atoms with Crippen LogP contribution in [-0.2, 0) is 21.4 Å². The summed E-state index contributed by atoms with van der Waals surface area (Å²) >= 11 is 2.69. The monoisotopic (exact) mass is 477 g/mol. The molecule has 168 valence electrons. The van der Waals surface area contributed by atoms with E-state index in [4.69, 9.17) is 0 Å². The van der Waals surface area contributed by atoms with Gasteiger partial charge in [-0.05, 0) is 40.3 Å². The van der Waals surface area contributed by atoms with Crippen molar-refractivity contribution in [1.29, 1.82) is 0 Å². The molecule has 2 aliphatic rings. The van der Waals surface area contributed by atoms with Crippen LogP contribution in [0.1, 0.15) is 0 Å². The van der Waals surface area contributed by atoms with Crippen molar-refractivity contribution in [1.82, 2.24) is 30.4 Å². The predicted molar refractivity (Wildman–Crippen MR) is 116 cm³/mol. The van der Waals surface area contributed by atoms with E-state index in [2.05, 4.69) is 26.2 Å². The molecule has 3 heterocycles. The minimum Gasteiger partial charge on any atom is -0.508 e. The van der Waals surface area contributed by atoms with E-state index in [1.54, 1.807) is 19.2 Å². The van der Waals surface area contributed by atoms with Crippen LogP contribution in [0.15, 0.2) is 40.7 Å². The van der Waals surface area contributed by atoms with Crippen molar-refractivity contribution in [2.24, 2.45) is 7.05 Å². The standard InChI is InChI=1S/C18H19N7O5S2/c1-24-18(21-22-23-24)32-8-9-7-31-16-13(15(28)25(16)14(9)17(29)30)20-12(27)6-19-10-2-4-11(26)5-3-10/h2-5,13,16,19,26H,6-8H2,1H3,(H,20,27)(H,29,30)/t13-,16+/m1/s1. The Kier molecular flexibility index (Phi) is 6.23. The van der Waals surface area contributed by atoms with E-state index in [0.717, 1.165) is 0 Å². The molecule has 0 unspecified atom stereocenters. The molecule has 1 aromatic heterocycles. The van der Waals surface area contributed by atoms with Gasteiger partial charge in [0.15, 0.2) is 0 Å². The van der Waals surface area contributed by atoms with Gasteiger partial charge in [-0.1, -0.05) is 11.8 Å². The molecule has 2 atom stereocenters. The number of phenolic OH excluding ortho intramolecular Hbond substituents is 1. The number of aromatic hydroxyl groups is 1. The average molecular weight is 478 g/mol. The number of carbonyl (C=O) groups is 3. The van der Waals surface area contributed by atoms with Gasteiger partial charge in [-0.2, -0.15) is 0 Å². The van der Waals surface area contributed by atoms with Gasteiger partial charge in [0, 0.05) is 24.2 Å². The number of amides is 2. The lowest BCUT2D eigenvalue weighted by Crippen LogP contribution is -2.71. The molecule has 0 aliphatic carbocycles. The van der Waals surface area contributed by atoms with E-state index in [0.29, 0.717) is 27.9 Å². The molecule has 0 radical (unpaired) electrons. The minimum atomic E-state index is -1.19. The number of thioether (sulfide) groups is 2. The number of benzene rings is 1. The summed E-state index contributed by atoms with van der Waals surface area (Å²) in [5.74, 6) is -1.19. The maximum absolute atomic E-state index is 12.7. The molecule has 4 N–H and O–H groups in total. The highest BCUT2D eigenvalue weighted by molar-refractivity contribution is 8.01. The molecular weight excluding hydrogens is 458 g/mol. The van der Waals surface area contributed by atoms with E-state index < -0.39 is 29.2 Å². The molecule has 1 saturated heterocycles. The van der Waals surface area contributed by atoms with Gasteiger partial charge in [0.2, 0.25) is 11.1 Å². The van der Waals surface area contributed by atoms with Crippen molar-refractivity contribution in [2.45, 2.75) is 16.6 Å². The number of rotatable bonds is 8. The first-order valence-electron chi connectivity index (χ1n) is 9.42. The molecule has 4 rings (SSSR count). The number of aromatic nitrogens is 4. The van der Waals surface area contributed by atoms with Crippen LogP contribution in [0, 0.1) is 0 Å². The maximum Gasteiger partial charge on any atom is 0.352 e. The lowest BCUT2D eigenvalue weighted by Gasteiger charge is -2.49. The van der Waals surface area contributed by atoms with E-state index in [1.807, 2.05) is 0 Å². The second kappa shape index (κ2) is 9.08. The van der Waals surface area contributed by atoms with E-state index in [1.165, 1.54) is 45.2 Å². The van der Waals surface area contributed by atoms with Crippen LogP contribution in [0.4, 0.5) is 5.69 Å². The number of aliphatic carboxylic acids is 1. The number of tetrazole rings is 1. The topological polar surface area (TPSA) is 163 Å². The summed E-state index contributed by atoms with van der Waals surface area (Å²) < 4.78 is 1.48. The smallest absolute Gasteiger partial charge is 0.352 e. The number of aryl methyl sites for hydroxylation is 1. The van der Waals surface area contributed by atoms with Crippen molar-refractivity contribution < 1.29 is 24.6 Å². The fourth-order valence-electron chi connectivity index (χ4n) is 3.28. The zero-order valence-electron chi connectivity index (χ0n) is 16.8. The molecule has 2 aliphatic heterocycles. The van der Waals surface area contributed by atoms with Crippen molar-refractivity contribution >= 4 is 47.0 Å². The van der Waals surface area contributed by atoms with Gasteiger partial charge in [0.05, 0.1) is 6.54 Å². The van der Waals surface area contributed by atoms with Gasteiger partial charge in [0.1, 0.15) is 22.9 Å². The number of carbonyl (C=O) groups excluding carboxylic acids is 2. The van der Waals surface area contributed by atoms with Crippen molar-refractivity contribution in [3.05, 3.63) is 35.5 Å². The number of carboxylic acid groups (broad SMARTS) is 1. The van der Waals surface area contributed by atoms with Gasteiger partial charge < -0.3 is 20.8 Å². The first kappa shape index (κ1) is 22.0. The zero-order chi connectivity index (χ0) is 22.8. The second-order valence-electron chi connectivity index (χ2n) is 6.99. The summed E-state index contributed by atoms with van der Waals surface area (Å²) in [5.41, 5.74) is 1.19. The number of anilines is 1. The number of nitrogens with one attached hydrogen (secondary N) is 2. The molecule has 0 bridgehead atoms. The number of carboxylic acids is 1. The Hall–Kier alpha value is -3.26. The molecule has 0 saturated carbocycles. The average Bonchev–Trinajstić information content (AvgIpc) is 3.19. The Bertz CT molecular complexity index is 1090. The molecule has 1 aromatic carbocycles. The molecule has 2 aromatic rings. The number of fused-ring (bicyclic) bond motifs is 1. The first-order valence-corrected chi connectivity index (χ1v) is 11.5. The molecule has 2 amide bonds. The van der Waals surface area contributed by atoms with Gasteiger partial charge in [-0.25, -0.2) is 9.48 Å².